The first kappa shape index (κ1) is 14.1. The smallest absolute Gasteiger partial charge is 0.251 e. The second kappa shape index (κ2) is 5.33. The predicted molar refractivity (Wildman–Crippen MR) is 78.2 cm³/mol. The lowest BCUT2D eigenvalue weighted by Crippen LogP contribution is -2.38. The van der Waals surface area contributed by atoms with Gasteiger partial charge in [0, 0.05) is 18.2 Å². The van der Waals surface area contributed by atoms with Crippen LogP contribution in [0.15, 0.2) is 24.3 Å². The van der Waals surface area contributed by atoms with Gasteiger partial charge in [-0.05, 0) is 41.9 Å². The molecule has 1 saturated carbocycles. The highest BCUT2D eigenvalue weighted by Crippen LogP contribution is 2.31. The lowest BCUT2D eigenvalue weighted by molar-refractivity contribution is 0.0950. The Morgan fingerprint density at radius 3 is 2.37 bits per heavy atom. The molecule has 0 bridgehead atoms. The van der Waals surface area contributed by atoms with Crippen molar-refractivity contribution < 1.29 is 4.79 Å². The minimum atomic E-state index is -0.0310. The van der Waals surface area contributed by atoms with Crippen LogP contribution in [0.25, 0.3) is 0 Å². The fraction of sp³-hybridized carbons (Fsp3) is 0.562. The first-order chi connectivity index (χ1) is 8.88. The van der Waals surface area contributed by atoms with Crippen molar-refractivity contribution in [1.29, 1.82) is 0 Å². The van der Waals surface area contributed by atoms with Crippen LogP contribution in [0, 0.1) is 5.92 Å². The topological polar surface area (TPSA) is 55.1 Å². The average Bonchev–Trinajstić information content (AvgIpc) is 3.19. The molecule has 104 valence electrons. The highest BCUT2D eigenvalue weighted by molar-refractivity contribution is 5.94. The van der Waals surface area contributed by atoms with Crippen molar-refractivity contribution in [3.05, 3.63) is 35.4 Å². The van der Waals surface area contributed by atoms with Gasteiger partial charge in [-0.25, -0.2) is 0 Å². The average molecular weight is 260 g/mol. The number of benzene rings is 1. The summed E-state index contributed by atoms with van der Waals surface area (Å²) in [7, 11) is 0. The molecular formula is C16H24N2O. The molecule has 0 radical (unpaired) electrons. The second-order valence-corrected chi connectivity index (χ2v) is 6.54. The van der Waals surface area contributed by atoms with Gasteiger partial charge < -0.3 is 11.1 Å². The van der Waals surface area contributed by atoms with Crippen molar-refractivity contribution in [1.82, 2.24) is 5.32 Å². The van der Waals surface area contributed by atoms with Gasteiger partial charge in [-0.1, -0.05) is 32.9 Å². The lowest BCUT2D eigenvalue weighted by atomic mass is 9.87. The van der Waals surface area contributed by atoms with E-state index in [-0.39, 0.29) is 17.4 Å². The van der Waals surface area contributed by atoms with Crippen LogP contribution in [-0.4, -0.2) is 18.5 Å². The van der Waals surface area contributed by atoms with E-state index >= 15 is 0 Å². The Labute approximate surface area is 115 Å². The Balaban J connectivity index is 1.91. The Morgan fingerprint density at radius 2 is 1.89 bits per heavy atom. The van der Waals surface area contributed by atoms with Crippen LogP contribution in [0.4, 0.5) is 0 Å². The molecule has 1 aliphatic rings. The molecule has 3 nitrogen and oxygen atoms in total. The van der Waals surface area contributed by atoms with Crippen molar-refractivity contribution in [2.45, 2.75) is 45.1 Å². The van der Waals surface area contributed by atoms with Gasteiger partial charge in [0.1, 0.15) is 0 Å². The second-order valence-electron chi connectivity index (χ2n) is 6.54. The maximum absolute atomic E-state index is 12.0. The SMILES string of the molecule is CC(C)(C)c1ccc(C(=O)NCC(N)C2CC2)cc1. The largest absolute Gasteiger partial charge is 0.350 e. The Hall–Kier alpha value is -1.35. The zero-order valence-corrected chi connectivity index (χ0v) is 12.1. The molecule has 3 heteroatoms. The van der Waals surface area contributed by atoms with E-state index in [2.05, 4.69) is 26.1 Å². The molecule has 1 aliphatic carbocycles. The highest BCUT2D eigenvalue weighted by atomic mass is 16.1. The van der Waals surface area contributed by atoms with Gasteiger partial charge in [-0.3, -0.25) is 4.79 Å². The molecule has 2 rings (SSSR count). The molecule has 0 spiro atoms. The first-order valence-electron chi connectivity index (χ1n) is 7.02. The first-order valence-corrected chi connectivity index (χ1v) is 7.02. The zero-order valence-electron chi connectivity index (χ0n) is 12.1. The van der Waals surface area contributed by atoms with Crippen LogP contribution in [0.3, 0.4) is 0 Å². The number of nitrogens with one attached hydrogen (secondary N) is 1. The molecule has 1 aromatic rings. The summed E-state index contributed by atoms with van der Waals surface area (Å²) in [5, 5.41) is 2.91. The number of nitrogens with two attached hydrogens (primary N) is 1. The molecular weight excluding hydrogens is 236 g/mol. The molecule has 1 aromatic carbocycles. The number of hydrogen-bond acceptors (Lipinski definition) is 2. The van der Waals surface area contributed by atoms with E-state index in [9.17, 15) is 4.79 Å². The lowest BCUT2D eigenvalue weighted by Gasteiger charge is -2.19. The van der Waals surface area contributed by atoms with Gasteiger partial charge in [0.2, 0.25) is 0 Å². The van der Waals surface area contributed by atoms with E-state index in [1.807, 2.05) is 24.3 Å². The molecule has 0 aromatic heterocycles. The molecule has 1 atom stereocenters. The summed E-state index contributed by atoms with van der Waals surface area (Å²) in [5.41, 5.74) is 8.03. The quantitative estimate of drug-likeness (QED) is 0.873. The van der Waals surface area contributed by atoms with Crippen molar-refractivity contribution in [3.63, 3.8) is 0 Å². The summed E-state index contributed by atoms with van der Waals surface area (Å²) in [5.74, 6) is 0.583. The normalized spacial score (nSPS) is 17.1. The summed E-state index contributed by atoms with van der Waals surface area (Å²) in [6, 6.07) is 7.93. The van der Waals surface area contributed by atoms with Crippen molar-refractivity contribution in [2.75, 3.05) is 6.54 Å². The fourth-order valence-corrected chi connectivity index (χ4v) is 2.13. The summed E-state index contributed by atoms with van der Waals surface area (Å²) in [6.45, 7) is 7.06. The maximum atomic E-state index is 12.0. The third kappa shape index (κ3) is 3.80. The Morgan fingerprint density at radius 1 is 1.32 bits per heavy atom. The van der Waals surface area contributed by atoms with E-state index in [4.69, 9.17) is 5.73 Å². The minimum absolute atomic E-state index is 0.0310. The predicted octanol–water partition coefficient (Wildman–Crippen LogP) is 2.45. The Kier molecular flexibility index (Phi) is 3.95. The van der Waals surface area contributed by atoms with E-state index in [1.165, 1.54) is 18.4 Å². The van der Waals surface area contributed by atoms with Gasteiger partial charge in [-0.2, -0.15) is 0 Å². The van der Waals surface area contributed by atoms with Crippen LogP contribution >= 0.6 is 0 Å². The molecule has 0 aliphatic heterocycles. The summed E-state index contributed by atoms with van der Waals surface area (Å²) >= 11 is 0. The Bertz CT molecular complexity index is 441. The van der Waals surface area contributed by atoms with Crippen molar-refractivity contribution >= 4 is 5.91 Å². The number of hydrogen-bond donors (Lipinski definition) is 2. The van der Waals surface area contributed by atoms with Gasteiger partial charge >= 0.3 is 0 Å². The molecule has 3 N–H and O–H groups in total. The van der Waals surface area contributed by atoms with E-state index in [0.29, 0.717) is 18.0 Å². The van der Waals surface area contributed by atoms with Crippen LogP contribution in [0.2, 0.25) is 0 Å². The zero-order chi connectivity index (χ0) is 14.0. The van der Waals surface area contributed by atoms with Crippen molar-refractivity contribution in [2.24, 2.45) is 11.7 Å². The third-order valence-electron chi connectivity index (χ3n) is 3.74. The summed E-state index contributed by atoms with van der Waals surface area (Å²) in [6.07, 6.45) is 2.41. The summed E-state index contributed by atoms with van der Waals surface area (Å²) < 4.78 is 0. The van der Waals surface area contributed by atoms with Crippen LogP contribution < -0.4 is 11.1 Å². The molecule has 0 heterocycles. The third-order valence-corrected chi connectivity index (χ3v) is 3.74. The van der Waals surface area contributed by atoms with Gasteiger partial charge in [0.05, 0.1) is 0 Å². The maximum Gasteiger partial charge on any atom is 0.251 e. The summed E-state index contributed by atoms with van der Waals surface area (Å²) in [4.78, 5) is 12.0. The minimum Gasteiger partial charge on any atom is -0.350 e. The number of carbonyl (C=O) groups excluding carboxylic acids is 1. The van der Waals surface area contributed by atoms with Crippen LogP contribution in [0.5, 0.6) is 0 Å². The monoisotopic (exact) mass is 260 g/mol. The molecule has 1 fully saturated rings. The fourth-order valence-electron chi connectivity index (χ4n) is 2.13. The van der Waals surface area contributed by atoms with Gasteiger partial charge in [0.15, 0.2) is 0 Å². The van der Waals surface area contributed by atoms with Crippen LogP contribution in [0.1, 0.15) is 49.5 Å². The molecule has 19 heavy (non-hydrogen) atoms. The van der Waals surface area contributed by atoms with E-state index in [0.717, 1.165) is 0 Å². The molecule has 1 unspecified atom stereocenters. The number of carbonyl (C=O) groups is 1. The van der Waals surface area contributed by atoms with E-state index < -0.39 is 0 Å². The van der Waals surface area contributed by atoms with Gasteiger partial charge in [0.25, 0.3) is 5.91 Å². The molecule has 0 saturated heterocycles. The van der Waals surface area contributed by atoms with Crippen LogP contribution in [-0.2, 0) is 5.41 Å². The number of amides is 1. The van der Waals surface area contributed by atoms with Crippen molar-refractivity contribution in [3.8, 4) is 0 Å². The van der Waals surface area contributed by atoms with Gasteiger partial charge in [-0.15, -0.1) is 0 Å². The number of rotatable bonds is 4. The molecule has 1 amide bonds. The standard InChI is InChI=1S/C16H24N2O/c1-16(2,3)13-8-6-12(7-9-13)15(19)18-10-14(17)11-4-5-11/h6-9,11,14H,4-5,10,17H2,1-3H3,(H,18,19). The highest BCUT2D eigenvalue weighted by Gasteiger charge is 2.28. The van der Waals surface area contributed by atoms with E-state index in [1.54, 1.807) is 0 Å².